The molecular weight excluding hydrogens is 665 g/mol. The number of allylic oxidation sites excluding steroid dienone is 2. The van der Waals surface area contributed by atoms with E-state index >= 15 is 0 Å². The summed E-state index contributed by atoms with van der Waals surface area (Å²) in [7, 11) is 0. The topological polar surface area (TPSA) is 17.8 Å². The van der Waals surface area contributed by atoms with Crippen molar-refractivity contribution in [3.05, 3.63) is 215 Å². The average Bonchev–Trinajstić information content (AvgIpc) is 3.63. The quantitative estimate of drug-likeness (QED) is 0.175. The fraction of sp³-hybridized carbons (Fsp3) is 0.0755. The summed E-state index contributed by atoms with van der Waals surface area (Å²) in [4.78, 5) is 5.13. The van der Waals surface area contributed by atoms with Gasteiger partial charge >= 0.3 is 0 Å². The van der Waals surface area contributed by atoms with Gasteiger partial charge in [-0.05, 0) is 132 Å². The second kappa shape index (κ2) is 11.9. The lowest BCUT2D eigenvalue weighted by molar-refractivity contribution is 0.321. The summed E-state index contributed by atoms with van der Waals surface area (Å²) in [5.74, 6) is 1.99. The van der Waals surface area contributed by atoms with Crippen LogP contribution in [0.2, 0.25) is 0 Å². The van der Waals surface area contributed by atoms with E-state index in [0.29, 0.717) is 11.8 Å². The van der Waals surface area contributed by atoms with Gasteiger partial charge in [-0.15, -0.1) is 0 Å². The predicted octanol–water partition coefficient (Wildman–Crippen LogP) is 11.4. The van der Waals surface area contributed by atoms with Crippen molar-refractivity contribution in [3.8, 4) is 28.2 Å². The highest BCUT2D eigenvalue weighted by atomic mass is 15.1. The first-order valence-corrected chi connectivity index (χ1v) is 19.5. The maximum Gasteiger partial charge on any atom is 0.145 e. The fourth-order valence-corrected chi connectivity index (χ4v) is 9.82. The number of imidazole rings is 1. The number of aromatic nitrogens is 2. The van der Waals surface area contributed by atoms with Crippen LogP contribution in [0.25, 0.3) is 71.9 Å². The van der Waals surface area contributed by atoms with E-state index < -0.39 is 0 Å². The van der Waals surface area contributed by atoms with Crippen LogP contribution < -0.4 is 10.4 Å². The van der Waals surface area contributed by atoms with Crippen molar-refractivity contribution in [1.82, 2.24) is 9.55 Å². The highest BCUT2D eigenvalue weighted by Crippen LogP contribution is 2.61. The third-order valence-corrected chi connectivity index (χ3v) is 12.5. The Bertz CT molecular complexity index is 3200. The smallest absolute Gasteiger partial charge is 0.145 e. The molecule has 1 saturated carbocycles. The Morgan fingerprint density at radius 3 is 1.82 bits per heavy atom. The Morgan fingerprint density at radius 2 is 1.07 bits per heavy atom. The summed E-state index contributed by atoms with van der Waals surface area (Å²) in [5, 5.41) is 7.88. The van der Waals surface area contributed by atoms with Gasteiger partial charge < -0.3 is 0 Å². The summed E-state index contributed by atoms with van der Waals surface area (Å²) in [5.41, 5.74) is 15.6. The average molecular weight is 701 g/mol. The van der Waals surface area contributed by atoms with Gasteiger partial charge in [-0.2, -0.15) is 0 Å². The molecule has 0 aliphatic heterocycles. The van der Waals surface area contributed by atoms with Crippen LogP contribution in [0.15, 0.2) is 193 Å². The molecule has 8 aromatic carbocycles. The van der Waals surface area contributed by atoms with E-state index in [1.54, 1.807) is 11.1 Å². The standard InChI is InChI=1S/C53H36N2/c1-2-14-42(15-3-1)55-48-17-9-8-16-47(48)54-53(55)36-22-18-35(19-23-36)39-26-27-45-46(32-39)50(41-25-21-34-11-5-7-13-38(34)31-41)52-44-29-28-43(44)51(52)49(45)40-24-20-33-10-4-6-12-37(33)30-40/h1-27,30-32,44,52H,28-29H2. The van der Waals surface area contributed by atoms with E-state index in [2.05, 4.69) is 187 Å². The Balaban J connectivity index is 1.07. The number of benzene rings is 8. The third kappa shape index (κ3) is 4.64. The Kier molecular flexibility index (Phi) is 6.62. The Labute approximate surface area is 319 Å². The normalized spacial score (nSPS) is 17.2. The summed E-state index contributed by atoms with van der Waals surface area (Å²) in [6, 6.07) is 67.0. The van der Waals surface area contributed by atoms with Gasteiger partial charge in [-0.1, -0.05) is 145 Å². The molecule has 12 rings (SSSR count). The molecule has 2 heteroatoms. The molecule has 258 valence electrons. The van der Waals surface area contributed by atoms with Crippen LogP contribution in [0.3, 0.4) is 0 Å². The number of hydrogen-bond acceptors (Lipinski definition) is 1. The Morgan fingerprint density at radius 1 is 0.455 bits per heavy atom. The van der Waals surface area contributed by atoms with Crippen LogP contribution in [0.5, 0.6) is 0 Å². The monoisotopic (exact) mass is 700 g/mol. The molecule has 0 N–H and O–H groups in total. The van der Waals surface area contributed by atoms with E-state index in [1.165, 1.54) is 78.2 Å². The molecule has 1 fully saturated rings. The maximum atomic E-state index is 5.13. The molecule has 55 heavy (non-hydrogen) atoms. The lowest BCUT2D eigenvalue weighted by Gasteiger charge is -2.53. The number of rotatable bonds is 5. The first kappa shape index (κ1) is 30.7. The number of nitrogens with zero attached hydrogens (tertiary/aromatic N) is 2. The van der Waals surface area contributed by atoms with Gasteiger partial charge in [0.1, 0.15) is 5.82 Å². The van der Waals surface area contributed by atoms with Crippen LogP contribution >= 0.6 is 0 Å². The molecule has 0 amide bonds. The van der Waals surface area contributed by atoms with Gasteiger partial charge in [0.05, 0.1) is 11.0 Å². The SMILES string of the molecule is c1ccc(-n2c(-c3ccc(-c4ccc5c(c4)=C(c4ccc6ccccc6c4)C4C(=C6CCC64)C=5c4ccc5ccccc5c4)cc3)nc3ccccc32)cc1. The molecular formula is C53H36N2. The van der Waals surface area contributed by atoms with Crippen molar-refractivity contribution < 1.29 is 0 Å². The van der Waals surface area contributed by atoms with Gasteiger partial charge in [0.2, 0.25) is 0 Å². The van der Waals surface area contributed by atoms with Crippen molar-refractivity contribution in [2.24, 2.45) is 11.8 Å². The Hall–Kier alpha value is -6.77. The predicted molar refractivity (Wildman–Crippen MR) is 227 cm³/mol. The zero-order valence-electron chi connectivity index (χ0n) is 30.3. The second-order valence-electron chi connectivity index (χ2n) is 15.4. The molecule has 3 aliphatic carbocycles. The van der Waals surface area contributed by atoms with Crippen LogP contribution in [0.4, 0.5) is 0 Å². The van der Waals surface area contributed by atoms with Gasteiger partial charge in [0.15, 0.2) is 0 Å². The number of fused-ring (bicyclic) bond motifs is 7. The lowest BCUT2D eigenvalue weighted by atomic mass is 9.51. The molecule has 0 bridgehead atoms. The first-order chi connectivity index (χ1) is 27.3. The second-order valence-corrected chi connectivity index (χ2v) is 15.4. The molecule has 2 unspecified atom stereocenters. The molecule has 0 radical (unpaired) electrons. The minimum absolute atomic E-state index is 0.405. The summed E-state index contributed by atoms with van der Waals surface area (Å²) >= 11 is 0. The zero-order valence-corrected chi connectivity index (χ0v) is 30.3. The van der Waals surface area contributed by atoms with Crippen molar-refractivity contribution >= 4 is 43.7 Å². The molecule has 2 atom stereocenters. The lowest BCUT2D eigenvalue weighted by Crippen LogP contribution is -2.48. The summed E-state index contributed by atoms with van der Waals surface area (Å²) in [6.07, 6.45) is 2.49. The highest BCUT2D eigenvalue weighted by molar-refractivity contribution is 5.97. The van der Waals surface area contributed by atoms with E-state index in [-0.39, 0.29) is 0 Å². The van der Waals surface area contributed by atoms with E-state index in [1.807, 2.05) is 0 Å². The third-order valence-electron chi connectivity index (χ3n) is 12.5. The zero-order chi connectivity index (χ0) is 36.0. The van der Waals surface area contributed by atoms with E-state index in [4.69, 9.17) is 4.98 Å². The van der Waals surface area contributed by atoms with Crippen molar-refractivity contribution in [1.29, 1.82) is 0 Å². The molecule has 1 aromatic heterocycles. The van der Waals surface area contributed by atoms with Gasteiger partial charge in [-0.3, -0.25) is 4.57 Å². The van der Waals surface area contributed by atoms with Crippen LogP contribution in [0, 0.1) is 11.8 Å². The fourth-order valence-electron chi connectivity index (χ4n) is 9.82. The molecule has 1 heterocycles. The van der Waals surface area contributed by atoms with E-state index in [9.17, 15) is 0 Å². The molecule has 0 spiro atoms. The van der Waals surface area contributed by atoms with E-state index in [0.717, 1.165) is 28.1 Å². The summed E-state index contributed by atoms with van der Waals surface area (Å²) < 4.78 is 2.27. The van der Waals surface area contributed by atoms with Crippen molar-refractivity contribution in [3.63, 3.8) is 0 Å². The minimum atomic E-state index is 0.405. The maximum absolute atomic E-state index is 5.13. The first-order valence-electron chi connectivity index (χ1n) is 19.5. The molecule has 2 nitrogen and oxygen atoms in total. The van der Waals surface area contributed by atoms with Crippen LogP contribution in [-0.4, -0.2) is 9.55 Å². The van der Waals surface area contributed by atoms with Crippen molar-refractivity contribution in [2.75, 3.05) is 0 Å². The number of hydrogen-bond donors (Lipinski definition) is 0. The van der Waals surface area contributed by atoms with Gasteiger partial charge in [-0.25, -0.2) is 4.98 Å². The minimum Gasteiger partial charge on any atom is -0.292 e. The largest absolute Gasteiger partial charge is 0.292 e. The van der Waals surface area contributed by atoms with Crippen molar-refractivity contribution in [2.45, 2.75) is 12.8 Å². The van der Waals surface area contributed by atoms with Crippen LogP contribution in [0.1, 0.15) is 24.0 Å². The highest BCUT2D eigenvalue weighted by Gasteiger charge is 2.50. The molecule has 9 aromatic rings. The van der Waals surface area contributed by atoms with Crippen LogP contribution in [-0.2, 0) is 0 Å². The molecule has 3 aliphatic rings. The summed E-state index contributed by atoms with van der Waals surface area (Å²) in [6.45, 7) is 0. The molecule has 0 saturated heterocycles. The van der Waals surface area contributed by atoms with Gasteiger partial charge in [0.25, 0.3) is 0 Å². The number of para-hydroxylation sites is 3. The van der Waals surface area contributed by atoms with Gasteiger partial charge in [0, 0.05) is 17.2 Å².